The molecule has 1 aromatic carbocycles. The van der Waals surface area contributed by atoms with E-state index in [1.165, 1.54) is 0 Å². The van der Waals surface area contributed by atoms with E-state index in [9.17, 15) is 9.90 Å². The molecule has 1 aromatic heterocycles. The van der Waals surface area contributed by atoms with Crippen LogP contribution in [-0.4, -0.2) is 20.9 Å². The Labute approximate surface area is 124 Å². The van der Waals surface area contributed by atoms with Crippen LogP contribution < -0.4 is 5.32 Å². The van der Waals surface area contributed by atoms with Crippen molar-refractivity contribution < 1.29 is 9.90 Å². The second kappa shape index (κ2) is 6.10. The molecule has 2 aromatic rings. The van der Waals surface area contributed by atoms with Crippen LogP contribution in [0.5, 0.6) is 0 Å². The third kappa shape index (κ3) is 3.92. The quantitative estimate of drug-likeness (QED) is 0.887. The Morgan fingerprint density at radius 2 is 2.00 bits per heavy atom. The highest BCUT2D eigenvalue weighted by molar-refractivity contribution is 5.75. The number of carboxylic acids is 1. The summed E-state index contributed by atoms with van der Waals surface area (Å²) in [5.74, 6) is -0.885. The fourth-order valence-electron chi connectivity index (χ4n) is 2.03. The summed E-state index contributed by atoms with van der Waals surface area (Å²) < 4.78 is 1.88. The Balaban J connectivity index is 2.06. The van der Waals surface area contributed by atoms with E-state index in [2.05, 4.69) is 31.2 Å². The lowest BCUT2D eigenvalue weighted by Gasteiger charge is -2.18. The number of aliphatic carboxylic acids is 1. The fourth-order valence-corrected chi connectivity index (χ4v) is 2.03. The molecule has 112 valence electrons. The summed E-state index contributed by atoms with van der Waals surface area (Å²) in [5.41, 5.74) is 1.63. The van der Waals surface area contributed by atoms with E-state index in [0.29, 0.717) is 6.54 Å². The normalized spacial score (nSPS) is 13.1. The molecule has 0 aliphatic carbocycles. The SMILES string of the molecule is CC(C)(C)n1cc(CN[C@@H](C(=O)O)c2ccccc2)cn1. The molecule has 0 aliphatic rings. The lowest BCUT2D eigenvalue weighted by atomic mass is 10.1. The summed E-state index contributed by atoms with van der Waals surface area (Å²) >= 11 is 0. The van der Waals surface area contributed by atoms with Gasteiger partial charge in [0.25, 0.3) is 0 Å². The molecule has 5 nitrogen and oxygen atoms in total. The predicted octanol–water partition coefficient (Wildman–Crippen LogP) is 2.55. The number of benzene rings is 1. The zero-order chi connectivity index (χ0) is 15.5. The van der Waals surface area contributed by atoms with E-state index in [-0.39, 0.29) is 5.54 Å². The maximum absolute atomic E-state index is 11.4. The number of hydrogen-bond donors (Lipinski definition) is 2. The first-order chi connectivity index (χ1) is 9.88. The molecule has 2 N–H and O–H groups in total. The minimum Gasteiger partial charge on any atom is -0.480 e. The first kappa shape index (κ1) is 15.3. The Hall–Kier alpha value is -2.14. The van der Waals surface area contributed by atoms with Crippen molar-refractivity contribution in [3.8, 4) is 0 Å². The zero-order valence-electron chi connectivity index (χ0n) is 12.6. The van der Waals surface area contributed by atoms with E-state index >= 15 is 0 Å². The molecule has 1 atom stereocenters. The van der Waals surface area contributed by atoms with E-state index in [1.807, 2.05) is 41.2 Å². The van der Waals surface area contributed by atoms with Crippen molar-refractivity contribution in [2.24, 2.45) is 0 Å². The van der Waals surface area contributed by atoms with Crippen molar-refractivity contribution in [2.45, 2.75) is 38.9 Å². The molecule has 0 saturated heterocycles. The van der Waals surface area contributed by atoms with E-state index in [1.54, 1.807) is 6.20 Å². The van der Waals surface area contributed by atoms with Gasteiger partial charge in [-0.3, -0.25) is 14.8 Å². The van der Waals surface area contributed by atoms with Gasteiger partial charge in [0.15, 0.2) is 0 Å². The topological polar surface area (TPSA) is 67.2 Å². The molecule has 0 aliphatic heterocycles. The summed E-state index contributed by atoms with van der Waals surface area (Å²) in [6.07, 6.45) is 3.71. The Bertz CT molecular complexity index is 599. The molecule has 5 heteroatoms. The number of rotatable bonds is 5. The van der Waals surface area contributed by atoms with Crippen LogP contribution >= 0.6 is 0 Å². The summed E-state index contributed by atoms with van der Waals surface area (Å²) in [6, 6.07) is 8.45. The fraction of sp³-hybridized carbons (Fsp3) is 0.375. The molecule has 0 unspecified atom stereocenters. The van der Waals surface area contributed by atoms with Gasteiger partial charge in [0.05, 0.1) is 11.7 Å². The highest BCUT2D eigenvalue weighted by Gasteiger charge is 2.19. The van der Waals surface area contributed by atoms with Crippen LogP contribution in [0.3, 0.4) is 0 Å². The van der Waals surface area contributed by atoms with Crippen LogP contribution in [0.25, 0.3) is 0 Å². The summed E-state index contributed by atoms with van der Waals surface area (Å²) in [6.45, 7) is 6.67. The van der Waals surface area contributed by atoms with Crippen LogP contribution in [0.15, 0.2) is 42.7 Å². The van der Waals surface area contributed by atoms with Gasteiger partial charge in [-0.1, -0.05) is 30.3 Å². The monoisotopic (exact) mass is 287 g/mol. The molecule has 0 amide bonds. The number of nitrogens with one attached hydrogen (secondary N) is 1. The van der Waals surface area contributed by atoms with Gasteiger partial charge in [-0.2, -0.15) is 5.10 Å². The molecular formula is C16H21N3O2. The number of hydrogen-bond acceptors (Lipinski definition) is 3. The van der Waals surface area contributed by atoms with Gasteiger partial charge in [-0.25, -0.2) is 0 Å². The van der Waals surface area contributed by atoms with Crippen LogP contribution in [0, 0.1) is 0 Å². The molecule has 0 spiro atoms. The van der Waals surface area contributed by atoms with Gasteiger partial charge in [0.1, 0.15) is 6.04 Å². The molecule has 1 heterocycles. The maximum Gasteiger partial charge on any atom is 0.325 e. The van der Waals surface area contributed by atoms with Crippen LogP contribution in [-0.2, 0) is 16.9 Å². The minimum absolute atomic E-state index is 0.0795. The number of carboxylic acid groups (broad SMARTS) is 1. The van der Waals surface area contributed by atoms with Crippen LogP contribution in [0.1, 0.15) is 37.9 Å². The Morgan fingerprint density at radius 1 is 1.33 bits per heavy atom. The second-order valence-corrected chi connectivity index (χ2v) is 6.03. The van der Waals surface area contributed by atoms with Crippen molar-refractivity contribution in [2.75, 3.05) is 0 Å². The van der Waals surface area contributed by atoms with Gasteiger partial charge in [0, 0.05) is 18.3 Å². The maximum atomic E-state index is 11.4. The average Bonchev–Trinajstić information content (AvgIpc) is 2.88. The smallest absolute Gasteiger partial charge is 0.325 e. The lowest BCUT2D eigenvalue weighted by molar-refractivity contribution is -0.139. The van der Waals surface area contributed by atoms with Crippen LogP contribution in [0.2, 0.25) is 0 Å². The first-order valence-electron chi connectivity index (χ1n) is 6.93. The number of carbonyl (C=O) groups is 1. The van der Waals surface area contributed by atoms with Crippen LogP contribution in [0.4, 0.5) is 0 Å². The second-order valence-electron chi connectivity index (χ2n) is 6.03. The average molecular weight is 287 g/mol. The van der Waals surface area contributed by atoms with E-state index in [0.717, 1.165) is 11.1 Å². The Morgan fingerprint density at radius 3 is 2.52 bits per heavy atom. The van der Waals surface area contributed by atoms with Gasteiger partial charge in [0.2, 0.25) is 0 Å². The predicted molar refractivity (Wildman–Crippen MR) is 80.9 cm³/mol. The Kier molecular flexibility index (Phi) is 4.43. The molecule has 2 rings (SSSR count). The third-order valence-electron chi connectivity index (χ3n) is 3.21. The zero-order valence-corrected chi connectivity index (χ0v) is 12.6. The summed E-state index contributed by atoms with van der Waals surface area (Å²) in [5, 5.41) is 16.7. The molecule has 21 heavy (non-hydrogen) atoms. The summed E-state index contributed by atoms with van der Waals surface area (Å²) in [7, 11) is 0. The molecule has 0 bridgehead atoms. The van der Waals surface area contributed by atoms with Crippen molar-refractivity contribution in [3.05, 3.63) is 53.9 Å². The standard InChI is InChI=1S/C16H21N3O2/c1-16(2,3)19-11-12(10-18-19)9-17-14(15(20)21)13-7-5-4-6-8-13/h4-8,10-11,14,17H,9H2,1-3H3,(H,20,21)/t14-/m1/s1. The van der Waals surface area contributed by atoms with Crippen molar-refractivity contribution in [1.29, 1.82) is 0 Å². The minimum atomic E-state index is -0.885. The number of nitrogens with zero attached hydrogens (tertiary/aromatic N) is 2. The largest absolute Gasteiger partial charge is 0.480 e. The first-order valence-corrected chi connectivity index (χ1v) is 6.93. The van der Waals surface area contributed by atoms with Gasteiger partial charge < -0.3 is 5.11 Å². The van der Waals surface area contributed by atoms with Gasteiger partial charge >= 0.3 is 5.97 Å². The van der Waals surface area contributed by atoms with Crippen molar-refractivity contribution >= 4 is 5.97 Å². The third-order valence-corrected chi connectivity index (χ3v) is 3.21. The molecule has 0 radical (unpaired) electrons. The van der Waals surface area contributed by atoms with Crippen molar-refractivity contribution in [1.82, 2.24) is 15.1 Å². The van der Waals surface area contributed by atoms with E-state index < -0.39 is 12.0 Å². The highest BCUT2D eigenvalue weighted by atomic mass is 16.4. The van der Waals surface area contributed by atoms with Gasteiger partial charge in [-0.05, 0) is 26.3 Å². The highest BCUT2D eigenvalue weighted by Crippen LogP contribution is 2.16. The summed E-state index contributed by atoms with van der Waals surface area (Å²) in [4.78, 5) is 11.4. The number of aromatic nitrogens is 2. The molecular weight excluding hydrogens is 266 g/mol. The molecule has 0 saturated carbocycles. The van der Waals surface area contributed by atoms with E-state index in [4.69, 9.17) is 0 Å². The lowest BCUT2D eigenvalue weighted by Crippen LogP contribution is -2.28. The van der Waals surface area contributed by atoms with Gasteiger partial charge in [-0.15, -0.1) is 0 Å². The van der Waals surface area contributed by atoms with Crippen molar-refractivity contribution in [3.63, 3.8) is 0 Å². The molecule has 0 fully saturated rings.